The SMILES string of the molecule is CCOc1ccc(C2=NNC(c3ccc(F)cc3)=Nc3ccc(CC)cc32)cc1. The monoisotopic (exact) mass is 387 g/mol. The van der Waals surface area contributed by atoms with Crippen molar-refractivity contribution in [3.63, 3.8) is 0 Å². The van der Waals surface area contributed by atoms with E-state index in [2.05, 4.69) is 29.6 Å². The van der Waals surface area contributed by atoms with E-state index in [1.54, 1.807) is 12.1 Å². The maximum absolute atomic E-state index is 13.3. The zero-order chi connectivity index (χ0) is 20.2. The van der Waals surface area contributed by atoms with Crippen LogP contribution in [0.1, 0.15) is 36.1 Å². The van der Waals surface area contributed by atoms with Gasteiger partial charge in [-0.25, -0.2) is 9.38 Å². The molecule has 1 N–H and O–H groups in total. The van der Waals surface area contributed by atoms with Crippen LogP contribution in [0.4, 0.5) is 10.1 Å². The number of aryl methyl sites for hydroxylation is 1. The standard InChI is InChI=1S/C24H22FN3O/c1-3-16-5-14-22-21(15-16)23(17-8-12-20(13-9-17)29-4-2)27-28-24(26-22)18-6-10-19(25)11-7-18/h5-15H,3-4H2,1-2H3,(H,26,28). The van der Waals surface area contributed by atoms with Crippen LogP contribution < -0.4 is 10.2 Å². The van der Waals surface area contributed by atoms with Crippen LogP contribution in [0, 0.1) is 5.82 Å². The number of nitrogens with one attached hydrogen (secondary N) is 1. The normalized spacial score (nSPS) is 12.9. The first-order valence-corrected chi connectivity index (χ1v) is 9.72. The first kappa shape index (κ1) is 18.9. The predicted octanol–water partition coefficient (Wildman–Crippen LogP) is 5.22. The van der Waals surface area contributed by atoms with Crippen molar-refractivity contribution >= 4 is 17.2 Å². The van der Waals surface area contributed by atoms with Gasteiger partial charge in [0.2, 0.25) is 0 Å². The number of hydrogen-bond donors (Lipinski definition) is 1. The summed E-state index contributed by atoms with van der Waals surface area (Å²) in [6.45, 7) is 4.71. The first-order valence-electron chi connectivity index (χ1n) is 9.72. The minimum atomic E-state index is -0.283. The zero-order valence-electron chi connectivity index (χ0n) is 16.4. The van der Waals surface area contributed by atoms with Gasteiger partial charge in [0.25, 0.3) is 0 Å². The second-order valence-electron chi connectivity index (χ2n) is 6.70. The minimum Gasteiger partial charge on any atom is -0.494 e. The van der Waals surface area contributed by atoms with Crippen LogP contribution >= 0.6 is 0 Å². The second-order valence-corrected chi connectivity index (χ2v) is 6.70. The van der Waals surface area contributed by atoms with Gasteiger partial charge < -0.3 is 4.74 Å². The largest absolute Gasteiger partial charge is 0.494 e. The van der Waals surface area contributed by atoms with E-state index in [9.17, 15) is 4.39 Å². The summed E-state index contributed by atoms with van der Waals surface area (Å²) in [5.74, 6) is 1.12. The van der Waals surface area contributed by atoms with Crippen molar-refractivity contribution in [2.75, 3.05) is 6.61 Å². The number of ether oxygens (including phenoxy) is 1. The second kappa shape index (κ2) is 8.27. The van der Waals surface area contributed by atoms with Gasteiger partial charge >= 0.3 is 0 Å². The quantitative estimate of drug-likeness (QED) is 0.652. The van der Waals surface area contributed by atoms with E-state index >= 15 is 0 Å². The highest BCUT2D eigenvalue weighted by atomic mass is 19.1. The van der Waals surface area contributed by atoms with Crippen molar-refractivity contribution in [2.24, 2.45) is 10.1 Å². The molecular formula is C24H22FN3O. The van der Waals surface area contributed by atoms with Crippen molar-refractivity contribution in [3.05, 3.63) is 94.8 Å². The number of nitrogens with zero attached hydrogens (tertiary/aromatic N) is 2. The van der Waals surface area contributed by atoms with E-state index in [1.807, 2.05) is 37.3 Å². The molecule has 0 saturated heterocycles. The van der Waals surface area contributed by atoms with Gasteiger partial charge in [0, 0.05) is 16.7 Å². The first-order chi connectivity index (χ1) is 14.2. The Bertz CT molecular complexity index is 1070. The molecule has 5 heteroatoms. The molecule has 4 rings (SSSR count). The summed E-state index contributed by atoms with van der Waals surface area (Å²) >= 11 is 0. The Hall–Kier alpha value is -3.47. The molecule has 1 aliphatic heterocycles. The third-order valence-electron chi connectivity index (χ3n) is 4.79. The van der Waals surface area contributed by atoms with Gasteiger partial charge in [0.1, 0.15) is 11.6 Å². The lowest BCUT2D eigenvalue weighted by molar-refractivity contribution is 0.340. The van der Waals surface area contributed by atoms with E-state index in [0.29, 0.717) is 12.4 Å². The van der Waals surface area contributed by atoms with Crippen LogP contribution in [0.2, 0.25) is 0 Å². The molecule has 29 heavy (non-hydrogen) atoms. The fourth-order valence-electron chi connectivity index (χ4n) is 3.24. The Kier molecular flexibility index (Phi) is 5.38. The number of amidine groups is 1. The molecule has 0 bridgehead atoms. The van der Waals surface area contributed by atoms with E-state index < -0.39 is 0 Å². The third-order valence-corrected chi connectivity index (χ3v) is 4.79. The van der Waals surface area contributed by atoms with Crippen LogP contribution in [-0.2, 0) is 6.42 Å². The van der Waals surface area contributed by atoms with Gasteiger partial charge in [-0.2, -0.15) is 5.10 Å². The minimum absolute atomic E-state index is 0.283. The van der Waals surface area contributed by atoms with E-state index in [0.717, 1.165) is 40.3 Å². The lowest BCUT2D eigenvalue weighted by Gasteiger charge is -2.10. The van der Waals surface area contributed by atoms with Crippen molar-refractivity contribution in [1.82, 2.24) is 5.43 Å². The Balaban J connectivity index is 1.80. The molecule has 0 aromatic heterocycles. The number of hydrazone groups is 1. The van der Waals surface area contributed by atoms with Gasteiger partial charge in [-0.15, -0.1) is 0 Å². The summed E-state index contributed by atoms with van der Waals surface area (Å²) in [6, 6.07) is 20.3. The van der Waals surface area contributed by atoms with Crippen LogP contribution in [0.3, 0.4) is 0 Å². The van der Waals surface area contributed by atoms with Crippen LogP contribution in [0.25, 0.3) is 0 Å². The maximum Gasteiger partial charge on any atom is 0.154 e. The molecular weight excluding hydrogens is 365 g/mol. The van der Waals surface area contributed by atoms with Gasteiger partial charge in [-0.3, -0.25) is 5.43 Å². The number of aliphatic imine (C=N–C) groups is 1. The Morgan fingerprint density at radius 1 is 0.897 bits per heavy atom. The Morgan fingerprint density at radius 2 is 1.62 bits per heavy atom. The summed E-state index contributed by atoms with van der Waals surface area (Å²) in [6.07, 6.45) is 0.922. The fraction of sp³-hybridized carbons (Fsp3) is 0.167. The molecule has 1 heterocycles. The lowest BCUT2D eigenvalue weighted by atomic mass is 9.98. The molecule has 3 aromatic rings. The van der Waals surface area contributed by atoms with E-state index in [-0.39, 0.29) is 5.82 Å². The summed E-state index contributed by atoms with van der Waals surface area (Å²) in [4.78, 5) is 4.78. The van der Waals surface area contributed by atoms with E-state index in [4.69, 9.17) is 9.73 Å². The number of fused-ring (bicyclic) bond motifs is 1. The lowest BCUT2D eigenvalue weighted by Crippen LogP contribution is -2.19. The Morgan fingerprint density at radius 3 is 2.31 bits per heavy atom. The molecule has 0 aliphatic carbocycles. The topological polar surface area (TPSA) is 46.0 Å². The van der Waals surface area contributed by atoms with Crippen LogP contribution in [0.15, 0.2) is 76.8 Å². The number of benzene rings is 3. The molecule has 0 unspecified atom stereocenters. The van der Waals surface area contributed by atoms with Crippen molar-refractivity contribution in [2.45, 2.75) is 20.3 Å². The van der Waals surface area contributed by atoms with Gasteiger partial charge in [-0.05, 0) is 79.6 Å². The Labute approximate surface area is 169 Å². The molecule has 4 nitrogen and oxygen atoms in total. The maximum atomic E-state index is 13.3. The van der Waals surface area contributed by atoms with Crippen molar-refractivity contribution in [1.29, 1.82) is 0 Å². The number of halogens is 1. The van der Waals surface area contributed by atoms with Crippen molar-refractivity contribution in [3.8, 4) is 5.75 Å². The number of hydrogen-bond acceptors (Lipinski definition) is 4. The molecule has 0 atom stereocenters. The zero-order valence-corrected chi connectivity index (χ0v) is 16.4. The molecule has 146 valence electrons. The van der Waals surface area contributed by atoms with Crippen LogP contribution in [0.5, 0.6) is 5.75 Å². The molecule has 1 aliphatic rings. The molecule has 0 amide bonds. The third kappa shape index (κ3) is 4.04. The molecule has 3 aromatic carbocycles. The molecule has 0 saturated carbocycles. The molecule has 0 radical (unpaired) electrons. The highest BCUT2D eigenvalue weighted by Crippen LogP contribution is 2.28. The predicted molar refractivity (Wildman–Crippen MR) is 115 cm³/mol. The highest BCUT2D eigenvalue weighted by Gasteiger charge is 2.18. The van der Waals surface area contributed by atoms with Gasteiger partial charge in [0.05, 0.1) is 18.0 Å². The average Bonchev–Trinajstić information content (AvgIpc) is 2.94. The summed E-state index contributed by atoms with van der Waals surface area (Å²) in [7, 11) is 0. The fourth-order valence-corrected chi connectivity index (χ4v) is 3.24. The van der Waals surface area contributed by atoms with Gasteiger partial charge in [-0.1, -0.05) is 13.0 Å². The summed E-state index contributed by atoms with van der Waals surface area (Å²) in [5, 5.41) is 4.67. The molecule has 0 spiro atoms. The molecule has 0 fully saturated rings. The average molecular weight is 387 g/mol. The van der Waals surface area contributed by atoms with Crippen molar-refractivity contribution < 1.29 is 9.13 Å². The number of rotatable bonds is 5. The van der Waals surface area contributed by atoms with E-state index in [1.165, 1.54) is 17.7 Å². The summed E-state index contributed by atoms with van der Waals surface area (Å²) in [5.41, 5.74) is 8.60. The smallest absolute Gasteiger partial charge is 0.154 e. The summed E-state index contributed by atoms with van der Waals surface area (Å²) < 4.78 is 18.9. The van der Waals surface area contributed by atoms with Gasteiger partial charge in [0.15, 0.2) is 5.84 Å². The van der Waals surface area contributed by atoms with Crippen LogP contribution in [-0.4, -0.2) is 18.2 Å². The highest BCUT2D eigenvalue weighted by molar-refractivity contribution is 6.18.